The number of esters is 1. The maximum absolute atomic E-state index is 12.3. The monoisotopic (exact) mass is 333 g/mol. The molecule has 0 saturated carbocycles. The third kappa shape index (κ3) is 3.03. The predicted molar refractivity (Wildman–Crippen MR) is 88.2 cm³/mol. The number of rotatable bonds is 3. The number of methoxy groups -OCH3 is 1. The molecule has 0 radical (unpaired) electrons. The second-order valence-electron chi connectivity index (χ2n) is 5.91. The molecule has 23 heavy (non-hydrogen) atoms. The van der Waals surface area contributed by atoms with Crippen molar-refractivity contribution in [2.24, 2.45) is 5.92 Å². The molecule has 0 aliphatic heterocycles. The predicted octanol–water partition coefficient (Wildman–Crippen LogP) is 3.81. The molecule has 2 aromatic rings. The van der Waals surface area contributed by atoms with Gasteiger partial charge in [0.05, 0.1) is 12.7 Å². The molecule has 1 aliphatic rings. The summed E-state index contributed by atoms with van der Waals surface area (Å²) >= 11 is 1.46. The van der Waals surface area contributed by atoms with Crippen LogP contribution in [0.25, 0.3) is 0 Å². The fraction of sp³-hybridized carbons (Fsp3) is 0.412. The van der Waals surface area contributed by atoms with Gasteiger partial charge in [-0.2, -0.15) is 0 Å². The van der Waals surface area contributed by atoms with Crippen LogP contribution in [0.1, 0.15) is 50.5 Å². The lowest BCUT2D eigenvalue weighted by Gasteiger charge is -2.18. The van der Waals surface area contributed by atoms with Gasteiger partial charge in [0, 0.05) is 4.88 Å². The van der Waals surface area contributed by atoms with E-state index in [0.717, 1.165) is 29.7 Å². The molecule has 3 rings (SSSR count). The molecule has 0 saturated heterocycles. The van der Waals surface area contributed by atoms with Crippen molar-refractivity contribution in [1.82, 2.24) is 0 Å². The van der Waals surface area contributed by atoms with Gasteiger partial charge in [0.25, 0.3) is 5.91 Å². The number of hydrogen-bond acceptors (Lipinski definition) is 5. The van der Waals surface area contributed by atoms with Crippen LogP contribution in [-0.2, 0) is 17.6 Å². The van der Waals surface area contributed by atoms with Gasteiger partial charge in [0.15, 0.2) is 5.76 Å². The van der Waals surface area contributed by atoms with E-state index in [0.29, 0.717) is 22.2 Å². The Morgan fingerprint density at radius 3 is 2.83 bits per heavy atom. The second kappa shape index (κ2) is 6.20. The number of carbonyl (C=O) groups is 2. The Hall–Kier alpha value is -2.08. The summed E-state index contributed by atoms with van der Waals surface area (Å²) in [7, 11) is 1.36. The molecular weight excluding hydrogens is 314 g/mol. The van der Waals surface area contributed by atoms with Crippen LogP contribution in [0.15, 0.2) is 16.5 Å². The topological polar surface area (TPSA) is 68.5 Å². The summed E-state index contributed by atoms with van der Waals surface area (Å²) in [4.78, 5) is 25.7. The molecule has 0 bridgehead atoms. The minimum absolute atomic E-state index is 0.234. The molecule has 0 fully saturated rings. The normalized spacial score (nSPS) is 16.7. The van der Waals surface area contributed by atoms with Crippen LogP contribution in [0.4, 0.5) is 5.00 Å². The van der Waals surface area contributed by atoms with Crippen LogP contribution in [-0.4, -0.2) is 19.0 Å². The van der Waals surface area contributed by atoms with E-state index >= 15 is 0 Å². The van der Waals surface area contributed by atoms with Crippen LogP contribution in [0.5, 0.6) is 0 Å². The minimum atomic E-state index is -0.400. The maximum Gasteiger partial charge on any atom is 0.341 e. The van der Waals surface area contributed by atoms with Gasteiger partial charge in [-0.15, -0.1) is 11.3 Å². The quantitative estimate of drug-likeness (QED) is 0.867. The molecule has 0 aromatic carbocycles. The highest BCUT2D eigenvalue weighted by atomic mass is 32.1. The number of anilines is 1. The van der Waals surface area contributed by atoms with Crippen LogP contribution in [0.3, 0.4) is 0 Å². The van der Waals surface area contributed by atoms with Crippen LogP contribution in [0, 0.1) is 12.8 Å². The van der Waals surface area contributed by atoms with E-state index in [9.17, 15) is 9.59 Å². The molecule has 1 aliphatic carbocycles. The number of fused-ring (bicyclic) bond motifs is 1. The number of carbonyl (C=O) groups excluding carboxylic acids is 2. The number of aryl methyl sites for hydroxylation is 1. The van der Waals surface area contributed by atoms with E-state index in [4.69, 9.17) is 9.15 Å². The number of thiophene rings is 1. The number of hydrogen-bond donors (Lipinski definition) is 1. The molecule has 2 aromatic heterocycles. The van der Waals surface area contributed by atoms with Crippen molar-refractivity contribution < 1.29 is 18.7 Å². The lowest BCUT2D eigenvalue weighted by molar-refractivity contribution is 0.0601. The Bertz CT molecular complexity index is 759. The SMILES string of the molecule is COC(=O)c1c(NC(=O)c2ccc(C)o2)sc2c1CC[C@@H](C)C2. The van der Waals surface area contributed by atoms with Gasteiger partial charge in [-0.1, -0.05) is 6.92 Å². The van der Waals surface area contributed by atoms with Crippen molar-refractivity contribution >= 4 is 28.2 Å². The number of furan rings is 1. The summed E-state index contributed by atoms with van der Waals surface area (Å²) in [5, 5.41) is 3.36. The van der Waals surface area contributed by atoms with Crippen molar-refractivity contribution in [1.29, 1.82) is 0 Å². The highest BCUT2D eigenvalue weighted by Gasteiger charge is 2.29. The Morgan fingerprint density at radius 1 is 1.39 bits per heavy atom. The molecule has 1 atom stereocenters. The Balaban J connectivity index is 1.95. The van der Waals surface area contributed by atoms with E-state index in [-0.39, 0.29) is 11.7 Å². The zero-order chi connectivity index (χ0) is 16.6. The van der Waals surface area contributed by atoms with Gasteiger partial charge < -0.3 is 14.5 Å². The standard InChI is InChI=1S/C17H19NO4S/c1-9-4-6-11-13(8-9)23-16(14(11)17(20)21-3)18-15(19)12-7-5-10(2)22-12/h5,7,9H,4,6,8H2,1-3H3,(H,18,19)/t9-/m1/s1. The number of ether oxygens (including phenoxy) is 1. The average Bonchev–Trinajstić information content (AvgIpc) is 3.09. The molecule has 5 nitrogen and oxygen atoms in total. The van der Waals surface area contributed by atoms with E-state index in [1.165, 1.54) is 18.4 Å². The van der Waals surface area contributed by atoms with Gasteiger partial charge in [0.2, 0.25) is 0 Å². The van der Waals surface area contributed by atoms with E-state index in [1.54, 1.807) is 19.1 Å². The summed E-state index contributed by atoms with van der Waals surface area (Å²) in [5.74, 6) is 0.737. The van der Waals surface area contributed by atoms with Crippen molar-refractivity contribution in [2.45, 2.75) is 33.1 Å². The number of nitrogens with one attached hydrogen (secondary N) is 1. The lowest BCUT2D eigenvalue weighted by atomic mass is 9.88. The maximum atomic E-state index is 12.3. The van der Waals surface area contributed by atoms with Gasteiger partial charge >= 0.3 is 5.97 Å². The summed E-state index contributed by atoms with van der Waals surface area (Å²) in [6, 6.07) is 3.36. The minimum Gasteiger partial charge on any atom is -0.465 e. The Morgan fingerprint density at radius 2 is 2.17 bits per heavy atom. The third-order valence-electron chi connectivity index (χ3n) is 4.09. The summed E-state index contributed by atoms with van der Waals surface area (Å²) in [6.45, 7) is 3.98. The van der Waals surface area contributed by atoms with E-state index in [2.05, 4.69) is 12.2 Å². The summed E-state index contributed by atoms with van der Waals surface area (Å²) in [5.41, 5.74) is 1.52. The van der Waals surface area contributed by atoms with Crippen molar-refractivity contribution in [3.8, 4) is 0 Å². The second-order valence-corrected chi connectivity index (χ2v) is 7.02. The van der Waals surface area contributed by atoms with Crippen LogP contribution in [0.2, 0.25) is 0 Å². The first kappa shape index (κ1) is 15.8. The summed E-state index contributed by atoms with van der Waals surface area (Å²) in [6.07, 6.45) is 2.81. The van der Waals surface area contributed by atoms with Crippen LogP contribution >= 0.6 is 11.3 Å². The zero-order valence-corrected chi connectivity index (χ0v) is 14.2. The first-order chi connectivity index (χ1) is 11.0. The van der Waals surface area contributed by atoms with Gasteiger partial charge in [-0.3, -0.25) is 4.79 Å². The molecule has 6 heteroatoms. The molecular formula is C17H19NO4S. The Kier molecular flexibility index (Phi) is 4.26. The molecule has 0 unspecified atom stereocenters. The molecule has 122 valence electrons. The van der Waals surface area contributed by atoms with Gasteiger partial charge in [0.1, 0.15) is 10.8 Å². The summed E-state index contributed by atoms with van der Waals surface area (Å²) < 4.78 is 10.3. The first-order valence-electron chi connectivity index (χ1n) is 7.60. The fourth-order valence-electron chi connectivity index (χ4n) is 2.88. The number of amides is 1. The van der Waals surface area contributed by atoms with Crippen molar-refractivity contribution in [3.05, 3.63) is 39.7 Å². The molecule has 0 spiro atoms. The van der Waals surface area contributed by atoms with E-state index in [1.807, 2.05) is 0 Å². The van der Waals surface area contributed by atoms with Gasteiger partial charge in [-0.05, 0) is 49.8 Å². The smallest absolute Gasteiger partial charge is 0.341 e. The van der Waals surface area contributed by atoms with Crippen LogP contribution < -0.4 is 5.32 Å². The van der Waals surface area contributed by atoms with Crippen molar-refractivity contribution in [3.63, 3.8) is 0 Å². The van der Waals surface area contributed by atoms with Gasteiger partial charge in [-0.25, -0.2) is 4.79 Å². The average molecular weight is 333 g/mol. The Labute approximate surface area is 138 Å². The molecule has 2 heterocycles. The molecule has 1 amide bonds. The molecule has 1 N–H and O–H groups in total. The lowest BCUT2D eigenvalue weighted by Crippen LogP contribution is -2.15. The first-order valence-corrected chi connectivity index (χ1v) is 8.42. The largest absolute Gasteiger partial charge is 0.465 e. The highest BCUT2D eigenvalue weighted by molar-refractivity contribution is 7.17. The van der Waals surface area contributed by atoms with E-state index < -0.39 is 5.97 Å². The third-order valence-corrected chi connectivity index (χ3v) is 5.26. The highest BCUT2D eigenvalue weighted by Crippen LogP contribution is 2.40. The van der Waals surface area contributed by atoms with Crippen molar-refractivity contribution in [2.75, 3.05) is 12.4 Å². The fourth-order valence-corrected chi connectivity index (χ4v) is 4.27. The zero-order valence-electron chi connectivity index (χ0n) is 13.4.